The van der Waals surface area contributed by atoms with Crippen LogP contribution in [0.1, 0.15) is 25.0 Å². The SMILES string of the molecule is CN(CCCc1cc(-c2cccc(F)c2)n[nH]1)C(=O)C1CCOCC1. The molecule has 1 amide bonds. The third-order valence-electron chi connectivity index (χ3n) is 4.64. The Kier molecular flexibility index (Phi) is 5.81. The zero-order valence-corrected chi connectivity index (χ0v) is 14.5. The molecule has 1 aromatic carbocycles. The molecule has 1 aromatic heterocycles. The van der Waals surface area contributed by atoms with Gasteiger partial charge in [-0.3, -0.25) is 9.89 Å². The number of hydrogen-bond acceptors (Lipinski definition) is 3. The van der Waals surface area contributed by atoms with Gasteiger partial charge in [0.05, 0.1) is 5.69 Å². The summed E-state index contributed by atoms with van der Waals surface area (Å²) in [6.45, 7) is 2.08. The van der Waals surface area contributed by atoms with E-state index in [4.69, 9.17) is 4.74 Å². The number of rotatable bonds is 6. The molecular weight excluding hydrogens is 321 g/mol. The lowest BCUT2D eigenvalue weighted by atomic mass is 9.99. The molecule has 0 unspecified atom stereocenters. The molecule has 1 saturated heterocycles. The molecule has 5 nitrogen and oxygen atoms in total. The topological polar surface area (TPSA) is 58.2 Å². The Bertz CT molecular complexity index is 710. The molecule has 6 heteroatoms. The normalized spacial score (nSPS) is 15.3. The minimum absolute atomic E-state index is 0.102. The molecule has 134 valence electrons. The summed E-state index contributed by atoms with van der Waals surface area (Å²) in [5.41, 5.74) is 2.49. The van der Waals surface area contributed by atoms with Crippen molar-refractivity contribution in [2.75, 3.05) is 26.8 Å². The second-order valence-electron chi connectivity index (χ2n) is 6.54. The summed E-state index contributed by atoms with van der Waals surface area (Å²) in [6, 6.07) is 8.34. The largest absolute Gasteiger partial charge is 0.381 e. The first-order valence-electron chi connectivity index (χ1n) is 8.76. The predicted molar refractivity (Wildman–Crippen MR) is 93.5 cm³/mol. The van der Waals surface area contributed by atoms with Crippen LogP contribution in [-0.4, -0.2) is 47.8 Å². The molecule has 2 heterocycles. The molecule has 0 atom stereocenters. The summed E-state index contributed by atoms with van der Waals surface area (Å²) in [4.78, 5) is 14.2. The van der Waals surface area contributed by atoms with Crippen LogP contribution in [-0.2, 0) is 16.0 Å². The van der Waals surface area contributed by atoms with Crippen LogP contribution in [0.15, 0.2) is 30.3 Å². The van der Waals surface area contributed by atoms with E-state index in [-0.39, 0.29) is 17.6 Å². The first-order valence-corrected chi connectivity index (χ1v) is 8.76. The van der Waals surface area contributed by atoms with Crippen molar-refractivity contribution in [1.29, 1.82) is 0 Å². The van der Waals surface area contributed by atoms with E-state index in [0.717, 1.165) is 42.6 Å². The number of amides is 1. The van der Waals surface area contributed by atoms with Gasteiger partial charge in [0.1, 0.15) is 5.82 Å². The van der Waals surface area contributed by atoms with Gasteiger partial charge in [0.15, 0.2) is 0 Å². The fourth-order valence-electron chi connectivity index (χ4n) is 3.16. The molecular formula is C19H24FN3O2. The van der Waals surface area contributed by atoms with Gasteiger partial charge in [-0.05, 0) is 43.9 Å². The second kappa shape index (κ2) is 8.25. The number of aromatic amines is 1. The first-order chi connectivity index (χ1) is 12.1. The van der Waals surface area contributed by atoms with Crippen LogP contribution in [0.4, 0.5) is 4.39 Å². The number of aromatic nitrogens is 2. The molecule has 0 radical (unpaired) electrons. The number of ether oxygens (including phenoxy) is 1. The summed E-state index contributed by atoms with van der Waals surface area (Å²) in [5.74, 6) is 0.0501. The fourth-order valence-corrected chi connectivity index (χ4v) is 3.16. The first kappa shape index (κ1) is 17.6. The van der Waals surface area contributed by atoms with Gasteiger partial charge in [0.25, 0.3) is 0 Å². The monoisotopic (exact) mass is 345 g/mol. The Morgan fingerprint density at radius 3 is 2.92 bits per heavy atom. The predicted octanol–water partition coefficient (Wildman–Crippen LogP) is 3.03. The van der Waals surface area contributed by atoms with Crippen molar-refractivity contribution in [3.05, 3.63) is 41.8 Å². The molecule has 3 rings (SSSR count). The van der Waals surface area contributed by atoms with Crippen LogP contribution in [0, 0.1) is 11.7 Å². The average molecular weight is 345 g/mol. The molecule has 2 aromatic rings. The number of nitrogens with zero attached hydrogens (tertiary/aromatic N) is 2. The van der Waals surface area contributed by atoms with E-state index < -0.39 is 0 Å². The number of carbonyl (C=O) groups is 1. The highest BCUT2D eigenvalue weighted by atomic mass is 19.1. The lowest BCUT2D eigenvalue weighted by molar-refractivity contribution is -0.137. The number of nitrogens with one attached hydrogen (secondary N) is 1. The summed E-state index contributed by atoms with van der Waals surface area (Å²) in [5, 5.41) is 7.25. The van der Waals surface area contributed by atoms with E-state index >= 15 is 0 Å². The van der Waals surface area contributed by atoms with Gasteiger partial charge in [-0.15, -0.1) is 0 Å². The Morgan fingerprint density at radius 2 is 2.16 bits per heavy atom. The summed E-state index contributed by atoms with van der Waals surface area (Å²) in [7, 11) is 1.86. The maximum atomic E-state index is 13.3. The quantitative estimate of drug-likeness (QED) is 0.875. The van der Waals surface area contributed by atoms with Crippen LogP contribution in [0.2, 0.25) is 0 Å². The van der Waals surface area contributed by atoms with Crippen molar-refractivity contribution in [3.63, 3.8) is 0 Å². The standard InChI is InChI=1S/C19H24FN3O2/c1-23(19(24)14-7-10-25-11-8-14)9-3-6-17-13-18(22-21-17)15-4-2-5-16(20)12-15/h2,4-5,12-14H,3,6-11H2,1H3,(H,21,22). The van der Waals surface area contributed by atoms with Crippen LogP contribution >= 0.6 is 0 Å². The molecule has 25 heavy (non-hydrogen) atoms. The van der Waals surface area contributed by atoms with E-state index in [1.165, 1.54) is 12.1 Å². The van der Waals surface area contributed by atoms with E-state index in [2.05, 4.69) is 10.2 Å². The van der Waals surface area contributed by atoms with Crippen molar-refractivity contribution in [1.82, 2.24) is 15.1 Å². The molecule has 1 aliphatic rings. The van der Waals surface area contributed by atoms with Crippen molar-refractivity contribution in [2.24, 2.45) is 5.92 Å². The molecule has 0 aliphatic carbocycles. The van der Waals surface area contributed by atoms with Gasteiger partial charge < -0.3 is 9.64 Å². The van der Waals surface area contributed by atoms with E-state index in [1.807, 2.05) is 24.1 Å². The Morgan fingerprint density at radius 1 is 1.36 bits per heavy atom. The number of hydrogen-bond donors (Lipinski definition) is 1. The van der Waals surface area contributed by atoms with Crippen LogP contribution in [0.5, 0.6) is 0 Å². The van der Waals surface area contributed by atoms with Crippen molar-refractivity contribution < 1.29 is 13.9 Å². The Labute approximate surface area is 147 Å². The Hall–Kier alpha value is -2.21. The summed E-state index contributed by atoms with van der Waals surface area (Å²) >= 11 is 0. The number of H-pyrrole nitrogens is 1. The maximum Gasteiger partial charge on any atom is 0.225 e. The summed E-state index contributed by atoms with van der Waals surface area (Å²) < 4.78 is 18.6. The molecule has 0 saturated carbocycles. The number of benzene rings is 1. The van der Waals surface area contributed by atoms with E-state index in [1.54, 1.807) is 6.07 Å². The van der Waals surface area contributed by atoms with Gasteiger partial charge in [0, 0.05) is 44.0 Å². The average Bonchev–Trinajstić information content (AvgIpc) is 3.11. The third-order valence-corrected chi connectivity index (χ3v) is 4.64. The van der Waals surface area contributed by atoms with Crippen molar-refractivity contribution >= 4 is 5.91 Å². The number of carbonyl (C=O) groups excluding carboxylic acids is 1. The second-order valence-corrected chi connectivity index (χ2v) is 6.54. The minimum atomic E-state index is -0.268. The minimum Gasteiger partial charge on any atom is -0.381 e. The molecule has 1 fully saturated rings. The van der Waals surface area contributed by atoms with E-state index in [0.29, 0.717) is 19.8 Å². The number of aryl methyl sites for hydroxylation is 1. The van der Waals surface area contributed by atoms with Gasteiger partial charge in [-0.1, -0.05) is 12.1 Å². The molecule has 0 spiro atoms. The van der Waals surface area contributed by atoms with Crippen LogP contribution in [0.3, 0.4) is 0 Å². The highest BCUT2D eigenvalue weighted by molar-refractivity contribution is 5.78. The molecule has 0 bridgehead atoms. The third kappa shape index (κ3) is 4.66. The van der Waals surface area contributed by atoms with Gasteiger partial charge in [0.2, 0.25) is 5.91 Å². The van der Waals surface area contributed by atoms with E-state index in [9.17, 15) is 9.18 Å². The summed E-state index contributed by atoms with van der Waals surface area (Å²) in [6.07, 6.45) is 3.30. The number of halogens is 1. The van der Waals surface area contributed by atoms with Crippen LogP contribution in [0.25, 0.3) is 11.3 Å². The highest BCUT2D eigenvalue weighted by Gasteiger charge is 2.24. The molecule has 1 N–H and O–H groups in total. The van der Waals surface area contributed by atoms with Crippen molar-refractivity contribution in [3.8, 4) is 11.3 Å². The maximum absolute atomic E-state index is 13.3. The van der Waals surface area contributed by atoms with Crippen LogP contribution < -0.4 is 0 Å². The van der Waals surface area contributed by atoms with Gasteiger partial charge in [-0.2, -0.15) is 5.10 Å². The molecule has 1 aliphatic heterocycles. The highest BCUT2D eigenvalue weighted by Crippen LogP contribution is 2.20. The smallest absolute Gasteiger partial charge is 0.225 e. The van der Waals surface area contributed by atoms with Gasteiger partial charge >= 0.3 is 0 Å². The lowest BCUT2D eigenvalue weighted by Crippen LogP contribution is -2.36. The fraction of sp³-hybridized carbons (Fsp3) is 0.474. The zero-order chi connectivity index (χ0) is 17.6. The van der Waals surface area contributed by atoms with Crippen molar-refractivity contribution in [2.45, 2.75) is 25.7 Å². The lowest BCUT2D eigenvalue weighted by Gasteiger charge is -2.26. The van der Waals surface area contributed by atoms with Gasteiger partial charge in [-0.25, -0.2) is 4.39 Å². The zero-order valence-electron chi connectivity index (χ0n) is 14.5. The Balaban J connectivity index is 1.48.